The maximum absolute atomic E-state index is 12.1. The summed E-state index contributed by atoms with van der Waals surface area (Å²) in [5, 5.41) is 0. The van der Waals surface area contributed by atoms with Crippen molar-refractivity contribution in [1.29, 1.82) is 0 Å². The Labute approximate surface area is 124 Å². The van der Waals surface area contributed by atoms with E-state index in [9.17, 15) is 26.4 Å². The molecule has 0 N–H and O–H groups in total. The second-order valence-electron chi connectivity index (χ2n) is 4.45. The number of hydrogen-bond donors (Lipinski definition) is 0. The number of benzene rings is 1. The molecule has 0 bridgehead atoms. The lowest BCUT2D eigenvalue weighted by Gasteiger charge is -2.18. The van der Waals surface area contributed by atoms with Crippen molar-refractivity contribution in [3.05, 3.63) is 29.8 Å². The van der Waals surface area contributed by atoms with Crippen LogP contribution in [0.5, 0.6) is 0 Å². The van der Waals surface area contributed by atoms with Crippen molar-refractivity contribution >= 4 is 25.6 Å². The number of carbonyl (C=O) groups is 1. The summed E-state index contributed by atoms with van der Waals surface area (Å²) in [4.78, 5) is 12.1. The Morgan fingerprint density at radius 3 is 2.19 bits per heavy atom. The quantitative estimate of drug-likeness (QED) is 0.772. The van der Waals surface area contributed by atoms with E-state index in [0.29, 0.717) is 10.5 Å². The largest absolute Gasteiger partial charge is 0.406 e. The first-order valence-corrected chi connectivity index (χ1v) is 8.14. The lowest BCUT2D eigenvalue weighted by atomic mass is 10.1. The van der Waals surface area contributed by atoms with Gasteiger partial charge in [0.15, 0.2) is 0 Å². The van der Waals surface area contributed by atoms with Crippen molar-refractivity contribution in [1.82, 2.24) is 4.90 Å². The molecule has 1 amide bonds. The number of carbonyl (C=O) groups excluding carboxylic acids is 1. The van der Waals surface area contributed by atoms with E-state index in [1.54, 1.807) is 0 Å². The molecular formula is C12H13ClF3NO3S. The van der Waals surface area contributed by atoms with Crippen LogP contribution < -0.4 is 0 Å². The SMILES string of the molecule is CN(CC(F)(F)F)C(=O)CCc1ccc(S(=O)(=O)Cl)cc1. The summed E-state index contributed by atoms with van der Waals surface area (Å²) < 4.78 is 58.4. The van der Waals surface area contributed by atoms with Gasteiger partial charge in [0, 0.05) is 24.2 Å². The van der Waals surface area contributed by atoms with Gasteiger partial charge in [-0.3, -0.25) is 4.79 Å². The fraction of sp³-hybridized carbons (Fsp3) is 0.417. The van der Waals surface area contributed by atoms with Crippen LogP contribution in [0.1, 0.15) is 12.0 Å². The molecular weight excluding hydrogens is 331 g/mol. The normalized spacial score (nSPS) is 12.2. The molecule has 0 heterocycles. The zero-order valence-corrected chi connectivity index (χ0v) is 12.6. The molecule has 0 aliphatic rings. The predicted octanol–water partition coefficient (Wildman–Crippen LogP) is 2.57. The van der Waals surface area contributed by atoms with Crippen LogP contribution >= 0.6 is 10.7 Å². The second-order valence-corrected chi connectivity index (χ2v) is 7.01. The first-order valence-electron chi connectivity index (χ1n) is 5.83. The van der Waals surface area contributed by atoms with Crippen molar-refractivity contribution in [3.8, 4) is 0 Å². The summed E-state index contributed by atoms with van der Waals surface area (Å²) in [6.07, 6.45) is -4.32. The van der Waals surface area contributed by atoms with Gasteiger partial charge in [-0.25, -0.2) is 8.42 Å². The van der Waals surface area contributed by atoms with E-state index in [0.717, 1.165) is 7.05 Å². The van der Waals surface area contributed by atoms with Gasteiger partial charge in [-0.2, -0.15) is 13.2 Å². The molecule has 21 heavy (non-hydrogen) atoms. The van der Waals surface area contributed by atoms with Crippen LogP contribution in [-0.2, 0) is 20.3 Å². The number of aryl methyl sites for hydroxylation is 1. The summed E-state index contributed by atoms with van der Waals surface area (Å²) >= 11 is 0. The van der Waals surface area contributed by atoms with Gasteiger partial charge < -0.3 is 4.90 Å². The maximum atomic E-state index is 12.1. The Hall–Kier alpha value is -1.28. The number of alkyl halides is 3. The molecule has 0 saturated heterocycles. The second kappa shape index (κ2) is 6.65. The maximum Gasteiger partial charge on any atom is 0.406 e. The van der Waals surface area contributed by atoms with Gasteiger partial charge >= 0.3 is 6.18 Å². The fourth-order valence-corrected chi connectivity index (χ4v) is 2.39. The summed E-state index contributed by atoms with van der Waals surface area (Å²) in [6.45, 7) is -1.30. The van der Waals surface area contributed by atoms with Gasteiger partial charge in [0.05, 0.1) is 4.90 Å². The summed E-state index contributed by atoms with van der Waals surface area (Å²) in [7, 11) is 2.42. The third-order valence-electron chi connectivity index (χ3n) is 2.67. The molecule has 1 aromatic rings. The van der Waals surface area contributed by atoms with Gasteiger partial charge in [-0.15, -0.1) is 0 Å². The van der Waals surface area contributed by atoms with E-state index < -0.39 is 27.7 Å². The molecule has 9 heteroatoms. The molecule has 1 rings (SSSR count). The highest BCUT2D eigenvalue weighted by Gasteiger charge is 2.30. The van der Waals surface area contributed by atoms with Gasteiger partial charge in [0.25, 0.3) is 9.05 Å². The first-order chi connectivity index (χ1) is 9.49. The van der Waals surface area contributed by atoms with E-state index >= 15 is 0 Å². The zero-order valence-electron chi connectivity index (χ0n) is 11.0. The number of nitrogens with zero attached hydrogens (tertiary/aromatic N) is 1. The fourth-order valence-electron chi connectivity index (χ4n) is 1.62. The van der Waals surface area contributed by atoms with Gasteiger partial charge in [-0.05, 0) is 24.1 Å². The molecule has 0 fully saturated rings. The van der Waals surface area contributed by atoms with Crippen LogP contribution in [0.25, 0.3) is 0 Å². The number of halogens is 4. The minimum absolute atomic E-state index is 0.0755. The molecule has 0 radical (unpaired) electrons. The van der Waals surface area contributed by atoms with Crippen molar-refractivity contribution in [3.63, 3.8) is 0 Å². The van der Waals surface area contributed by atoms with Crippen molar-refractivity contribution in [2.75, 3.05) is 13.6 Å². The summed E-state index contributed by atoms with van der Waals surface area (Å²) in [5.74, 6) is -0.638. The highest BCUT2D eigenvalue weighted by atomic mass is 35.7. The van der Waals surface area contributed by atoms with Crippen LogP contribution in [0.2, 0.25) is 0 Å². The molecule has 0 unspecified atom stereocenters. The highest BCUT2D eigenvalue weighted by Crippen LogP contribution is 2.18. The van der Waals surface area contributed by atoms with Crippen LogP contribution in [0.4, 0.5) is 13.2 Å². The summed E-state index contributed by atoms with van der Waals surface area (Å²) in [6, 6.07) is 5.49. The molecule has 118 valence electrons. The average molecular weight is 344 g/mol. The van der Waals surface area contributed by atoms with E-state index in [1.807, 2.05) is 0 Å². The van der Waals surface area contributed by atoms with Gasteiger partial charge in [-0.1, -0.05) is 12.1 Å². The van der Waals surface area contributed by atoms with Gasteiger partial charge in [0.2, 0.25) is 5.91 Å². The molecule has 0 aliphatic carbocycles. The van der Waals surface area contributed by atoms with Crippen molar-refractivity contribution < 1.29 is 26.4 Å². The smallest absolute Gasteiger partial charge is 0.337 e. The van der Waals surface area contributed by atoms with Crippen molar-refractivity contribution in [2.45, 2.75) is 23.9 Å². The monoisotopic (exact) mass is 343 g/mol. The molecule has 0 saturated carbocycles. The van der Waals surface area contributed by atoms with E-state index in [4.69, 9.17) is 10.7 Å². The minimum Gasteiger partial charge on any atom is -0.337 e. The van der Waals surface area contributed by atoms with Gasteiger partial charge in [0.1, 0.15) is 6.54 Å². The van der Waals surface area contributed by atoms with Crippen LogP contribution in [0, 0.1) is 0 Å². The third kappa shape index (κ3) is 6.34. The minimum atomic E-state index is -4.43. The van der Waals surface area contributed by atoms with E-state index in [1.165, 1.54) is 24.3 Å². The molecule has 0 atom stereocenters. The third-order valence-corrected chi connectivity index (χ3v) is 4.04. The molecule has 1 aromatic carbocycles. The van der Waals surface area contributed by atoms with E-state index in [2.05, 4.69) is 0 Å². The first kappa shape index (κ1) is 17.8. The standard InChI is InChI=1S/C12H13ClF3NO3S/c1-17(8-12(14,15)16)11(18)7-4-9-2-5-10(6-3-9)21(13,19)20/h2-3,5-6H,4,7-8H2,1H3. The average Bonchev–Trinajstić information content (AvgIpc) is 2.33. The lowest BCUT2D eigenvalue weighted by molar-refractivity contribution is -0.158. The van der Waals surface area contributed by atoms with Crippen LogP contribution in [-0.4, -0.2) is 39.0 Å². The molecule has 0 aromatic heterocycles. The Morgan fingerprint density at radius 2 is 1.76 bits per heavy atom. The van der Waals surface area contributed by atoms with Crippen molar-refractivity contribution in [2.24, 2.45) is 0 Å². The lowest BCUT2D eigenvalue weighted by Crippen LogP contribution is -2.35. The number of amides is 1. The Bertz CT molecular complexity index is 599. The number of hydrogen-bond acceptors (Lipinski definition) is 3. The zero-order chi connectivity index (χ0) is 16.3. The summed E-state index contributed by atoms with van der Waals surface area (Å²) in [5.41, 5.74) is 0.632. The highest BCUT2D eigenvalue weighted by molar-refractivity contribution is 8.13. The molecule has 0 aliphatic heterocycles. The van der Waals surface area contributed by atoms with E-state index in [-0.39, 0.29) is 17.7 Å². The molecule has 0 spiro atoms. The molecule has 4 nitrogen and oxygen atoms in total. The Kier molecular flexibility index (Phi) is 5.63. The van der Waals surface area contributed by atoms with Crippen LogP contribution in [0.15, 0.2) is 29.2 Å². The predicted molar refractivity (Wildman–Crippen MR) is 71.5 cm³/mol. The Morgan fingerprint density at radius 1 is 1.24 bits per heavy atom. The Balaban J connectivity index is 2.58. The number of rotatable bonds is 5. The topological polar surface area (TPSA) is 54.5 Å². The van der Waals surface area contributed by atoms with Crippen LogP contribution in [0.3, 0.4) is 0 Å².